The molecule has 0 saturated heterocycles. The van der Waals surface area contributed by atoms with Crippen molar-refractivity contribution < 1.29 is 9.53 Å². The monoisotopic (exact) mass is 310 g/mol. The van der Waals surface area contributed by atoms with E-state index in [0.717, 1.165) is 22.6 Å². The molecule has 0 aliphatic heterocycles. The Kier molecular flexibility index (Phi) is 5.52. The van der Waals surface area contributed by atoms with Crippen LogP contribution in [0.2, 0.25) is 0 Å². The Bertz CT molecular complexity index is 719. The van der Waals surface area contributed by atoms with E-state index in [1.807, 2.05) is 56.3 Å². The minimum atomic E-state index is -0.124. The van der Waals surface area contributed by atoms with Crippen LogP contribution >= 0.6 is 0 Å². The Morgan fingerprint density at radius 3 is 2.39 bits per heavy atom. The van der Waals surface area contributed by atoms with Crippen molar-refractivity contribution in [2.75, 3.05) is 7.11 Å². The van der Waals surface area contributed by atoms with Crippen molar-refractivity contribution >= 4 is 11.6 Å². The van der Waals surface area contributed by atoms with Gasteiger partial charge in [-0.05, 0) is 67.3 Å². The maximum Gasteiger partial charge on any atom is 0.244 e. The Hall–Kier alpha value is -2.62. The third-order valence-electron chi connectivity index (χ3n) is 3.79. The maximum absolute atomic E-state index is 12.0. The smallest absolute Gasteiger partial charge is 0.244 e. The van der Waals surface area contributed by atoms with Crippen LogP contribution in [-0.4, -0.2) is 18.7 Å². The third kappa shape index (κ3) is 4.68. The first kappa shape index (κ1) is 16.7. The molecule has 1 N–H and O–H groups in total. The molecule has 0 aliphatic carbocycles. The average molecular weight is 310 g/mol. The van der Waals surface area contributed by atoms with Gasteiger partial charge in [0.15, 0.2) is 0 Å². The zero-order valence-corrected chi connectivity index (χ0v) is 14.0. The number of carbonyl (C=O) groups is 1. The number of nitrogens with zero attached hydrogens (tertiary/aromatic N) is 1. The van der Waals surface area contributed by atoms with E-state index in [4.69, 9.17) is 4.74 Å². The third-order valence-corrected chi connectivity index (χ3v) is 3.79. The Morgan fingerprint density at radius 1 is 1.09 bits per heavy atom. The molecule has 4 nitrogen and oxygen atoms in total. The summed E-state index contributed by atoms with van der Waals surface area (Å²) in [6, 6.07) is 13.6. The number of amides is 1. The molecule has 0 heterocycles. The zero-order valence-electron chi connectivity index (χ0n) is 14.0. The molecule has 0 atom stereocenters. The Morgan fingerprint density at radius 2 is 1.78 bits per heavy atom. The lowest BCUT2D eigenvalue weighted by atomic mass is 10.0. The molecule has 1 amide bonds. The molecule has 23 heavy (non-hydrogen) atoms. The lowest BCUT2D eigenvalue weighted by Gasteiger charge is -2.06. The highest BCUT2D eigenvalue weighted by atomic mass is 16.5. The zero-order chi connectivity index (χ0) is 16.8. The average Bonchev–Trinajstić information content (AvgIpc) is 2.56. The lowest BCUT2D eigenvalue weighted by molar-refractivity contribution is -0.120. The van der Waals surface area contributed by atoms with Crippen LogP contribution in [0, 0.1) is 13.8 Å². The number of ether oxygens (including phenoxy) is 1. The van der Waals surface area contributed by atoms with Crippen LogP contribution in [0.4, 0.5) is 0 Å². The number of nitrogens with one attached hydrogen (secondary N) is 1. The molecule has 2 rings (SSSR count). The van der Waals surface area contributed by atoms with Gasteiger partial charge in [-0.1, -0.05) is 18.2 Å². The molecular weight excluding hydrogens is 288 g/mol. The van der Waals surface area contributed by atoms with Gasteiger partial charge in [-0.15, -0.1) is 0 Å². The molecule has 0 bridgehead atoms. The van der Waals surface area contributed by atoms with E-state index in [2.05, 4.69) is 17.5 Å². The second kappa shape index (κ2) is 7.58. The number of rotatable bonds is 5. The van der Waals surface area contributed by atoms with E-state index >= 15 is 0 Å². The summed E-state index contributed by atoms with van der Waals surface area (Å²) in [7, 11) is 1.63. The number of carbonyl (C=O) groups excluding carboxylic acids is 1. The van der Waals surface area contributed by atoms with Crippen LogP contribution < -0.4 is 10.2 Å². The van der Waals surface area contributed by atoms with Crippen LogP contribution in [0.1, 0.15) is 29.2 Å². The summed E-state index contributed by atoms with van der Waals surface area (Å²) in [5, 5.41) is 4.16. The summed E-state index contributed by atoms with van der Waals surface area (Å²) in [6.07, 6.45) is 0.320. The second-order valence-corrected chi connectivity index (χ2v) is 5.56. The van der Waals surface area contributed by atoms with Gasteiger partial charge >= 0.3 is 0 Å². The van der Waals surface area contributed by atoms with Crippen molar-refractivity contribution in [1.82, 2.24) is 5.43 Å². The van der Waals surface area contributed by atoms with Gasteiger partial charge in [-0.2, -0.15) is 5.10 Å². The standard InChI is InChI=1S/C19H22N2O2/c1-13-5-6-16(11-14(13)2)12-19(22)21-20-15(3)17-7-9-18(23-4)10-8-17/h5-11H,12H2,1-4H3,(H,21,22)/b20-15-. The molecule has 0 aromatic heterocycles. The summed E-state index contributed by atoms with van der Waals surface area (Å²) in [5.41, 5.74) is 7.70. The topological polar surface area (TPSA) is 50.7 Å². The molecule has 120 valence electrons. The highest BCUT2D eigenvalue weighted by Crippen LogP contribution is 2.12. The Balaban J connectivity index is 1.97. The SMILES string of the molecule is COc1ccc(/C(C)=N\NC(=O)Cc2ccc(C)c(C)c2)cc1. The van der Waals surface area contributed by atoms with E-state index in [9.17, 15) is 4.79 Å². The van der Waals surface area contributed by atoms with Gasteiger partial charge in [0.25, 0.3) is 0 Å². The fraction of sp³-hybridized carbons (Fsp3) is 0.263. The van der Waals surface area contributed by atoms with Gasteiger partial charge in [-0.3, -0.25) is 4.79 Å². The molecule has 4 heteroatoms. The van der Waals surface area contributed by atoms with Gasteiger partial charge in [0, 0.05) is 0 Å². The fourth-order valence-electron chi connectivity index (χ4n) is 2.18. The highest BCUT2D eigenvalue weighted by Gasteiger charge is 2.05. The number of hydrogen-bond donors (Lipinski definition) is 1. The van der Waals surface area contributed by atoms with E-state index in [1.165, 1.54) is 11.1 Å². The fourth-order valence-corrected chi connectivity index (χ4v) is 2.18. The van der Waals surface area contributed by atoms with Crippen LogP contribution in [0.25, 0.3) is 0 Å². The van der Waals surface area contributed by atoms with Crippen LogP contribution in [0.3, 0.4) is 0 Å². The predicted molar refractivity (Wildman–Crippen MR) is 93.0 cm³/mol. The van der Waals surface area contributed by atoms with Crippen molar-refractivity contribution in [1.29, 1.82) is 0 Å². The van der Waals surface area contributed by atoms with Gasteiger partial charge in [0.2, 0.25) is 5.91 Å². The minimum absolute atomic E-state index is 0.124. The quantitative estimate of drug-likeness (QED) is 0.680. The first-order valence-electron chi connectivity index (χ1n) is 7.53. The van der Waals surface area contributed by atoms with Crippen LogP contribution in [-0.2, 0) is 11.2 Å². The number of methoxy groups -OCH3 is 1. The van der Waals surface area contributed by atoms with E-state index in [0.29, 0.717) is 6.42 Å². The molecule has 2 aromatic rings. The molecule has 0 aliphatic rings. The van der Waals surface area contributed by atoms with E-state index in [1.54, 1.807) is 7.11 Å². The minimum Gasteiger partial charge on any atom is -0.497 e. The molecular formula is C19H22N2O2. The largest absolute Gasteiger partial charge is 0.497 e. The first-order chi connectivity index (χ1) is 11.0. The number of benzene rings is 2. The van der Waals surface area contributed by atoms with E-state index in [-0.39, 0.29) is 5.91 Å². The molecule has 0 spiro atoms. The second-order valence-electron chi connectivity index (χ2n) is 5.56. The number of hydrazone groups is 1. The van der Waals surface area contributed by atoms with Crippen molar-refractivity contribution in [2.24, 2.45) is 5.10 Å². The summed E-state index contributed by atoms with van der Waals surface area (Å²) in [6.45, 7) is 5.96. The van der Waals surface area contributed by atoms with Crippen LogP contribution in [0.15, 0.2) is 47.6 Å². The maximum atomic E-state index is 12.0. The molecule has 0 radical (unpaired) electrons. The normalized spacial score (nSPS) is 11.2. The van der Waals surface area contributed by atoms with Crippen molar-refractivity contribution in [2.45, 2.75) is 27.2 Å². The lowest BCUT2D eigenvalue weighted by Crippen LogP contribution is -2.21. The summed E-state index contributed by atoms with van der Waals surface area (Å²) in [5.74, 6) is 0.668. The van der Waals surface area contributed by atoms with Gasteiger partial charge < -0.3 is 4.74 Å². The van der Waals surface area contributed by atoms with Crippen molar-refractivity contribution in [3.8, 4) is 5.75 Å². The van der Waals surface area contributed by atoms with Crippen LogP contribution in [0.5, 0.6) is 5.75 Å². The molecule has 0 unspecified atom stereocenters. The van der Waals surface area contributed by atoms with Gasteiger partial charge in [0.05, 0.1) is 19.2 Å². The first-order valence-corrected chi connectivity index (χ1v) is 7.53. The number of hydrogen-bond acceptors (Lipinski definition) is 3. The number of aryl methyl sites for hydroxylation is 2. The summed E-state index contributed by atoms with van der Waals surface area (Å²) in [4.78, 5) is 12.0. The Labute approximate surface area is 137 Å². The molecule has 0 fully saturated rings. The highest BCUT2D eigenvalue weighted by molar-refractivity contribution is 5.99. The van der Waals surface area contributed by atoms with Gasteiger partial charge in [-0.25, -0.2) is 5.43 Å². The summed E-state index contributed by atoms with van der Waals surface area (Å²) < 4.78 is 5.12. The molecule has 2 aromatic carbocycles. The van der Waals surface area contributed by atoms with Crippen molar-refractivity contribution in [3.63, 3.8) is 0 Å². The van der Waals surface area contributed by atoms with Gasteiger partial charge in [0.1, 0.15) is 5.75 Å². The predicted octanol–water partition coefficient (Wildman–Crippen LogP) is 3.39. The van der Waals surface area contributed by atoms with Crippen molar-refractivity contribution in [3.05, 3.63) is 64.7 Å². The van der Waals surface area contributed by atoms with E-state index < -0.39 is 0 Å². The molecule has 0 saturated carbocycles. The summed E-state index contributed by atoms with van der Waals surface area (Å²) >= 11 is 0.